The van der Waals surface area contributed by atoms with E-state index in [9.17, 15) is 0 Å². The van der Waals surface area contributed by atoms with Crippen LogP contribution in [-0.2, 0) is 4.74 Å². The molecule has 0 aliphatic heterocycles. The number of hydrogen-bond donors (Lipinski definition) is 1. The van der Waals surface area contributed by atoms with Crippen LogP contribution < -0.4 is 0 Å². The molecule has 0 atom stereocenters. The third-order valence-corrected chi connectivity index (χ3v) is 3.57. The van der Waals surface area contributed by atoms with Crippen LogP contribution in [0, 0.1) is 0 Å². The van der Waals surface area contributed by atoms with E-state index >= 15 is 0 Å². The zero-order valence-electron chi connectivity index (χ0n) is 14.1. The van der Waals surface area contributed by atoms with E-state index in [1.54, 1.807) is 0 Å². The lowest BCUT2D eigenvalue weighted by Crippen LogP contribution is -1.92. The maximum Gasteiger partial charge on any atom is 0.143 e. The van der Waals surface area contributed by atoms with E-state index in [4.69, 9.17) is 9.84 Å². The highest BCUT2D eigenvalue weighted by atomic mass is 16.6. The molecule has 0 fully saturated rings. The Balaban J connectivity index is 3.07. The monoisotopic (exact) mass is 296 g/mol. The topological polar surface area (TPSA) is 29.5 Å². The lowest BCUT2D eigenvalue weighted by atomic mass is 10.1. The van der Waals surface area contributed by atoms with Crippen molar-refractivity contribution >= 4 is 0 Å². The van der Waals surface area contributed by atoms with Crippen LogP contribution in [-0.4, -0.2) is 18.5 Å². The van der Waals surface area contributed by atoms with Crippen molar-refractivity contribution in [1.82, 2.24) is 0 Å². The van der Waals surface area contributed by atoms with Crippen LogP contribution in [0.4, 0.5) is 0 Å². The van der Waals surface area contributed by atoms with Gasteiger partial charge in [0.1, 0.15) is 6.79 Å². The molecule has 124 valence electrons. The summed E-state index contributed by atoms with van der Waals surface area (Å²) in [6.07, 6.45) is 24.5. The van der Waals surface area contributed by atoms with E-state index in [1.807, 2.05) is 0 Å². The molecule has 0 saturated carbocycles. The number of allylic oxidation sites excluding steroid dienone is 3. The molecule has 0 aromatic carbocycles. The molecule has 0 aromatic heterocycles. The van der Waals surface area contributed by atoms with Gasteiger partial charge in [0, 0.05) is 0 Å². The molecular formula is C19H36O2. The van der Waals surface area contributed by atoms with E-state index in [0.717, 1.165) is 6.42 Å². The maximum absolute atomic E-state index is 8.44. The Morgan fingerprint density at radius 3 is 1.67 bits per heavy atom. The molecule has 1 N–H and O–H groups in total. The smallest absolute Gasteiger partial charge is 0.143 e. The minimum Gasteiger partial charge on any atom is -0.371 e. The van der Waals surface area contributed by atoms with Crippen molar-refractivity contribution in [2.45, 2.75) is 84.0 Å². The minimum atomic E-state index is -0.164. The zero-order valence-corrected chi connectivity index (χ0v) is 14.1. The average Bonchev–Trinajstić information content (AvgIpc) is 2.50. The van der Waals surface area contributed by atoms with Gasteiger partial charge in [-0.1, -0.05) is 69.8 Å². The molecule has 2 nitrogen and oxygen atoms in total. The number of aliphatic hydroxyl groups is 1. The Hall–Kier alpha value is -0.600. The van der Waals surface area contributed by atoms with Gasteiger partial charge in [-0.15, -0.1) is 0 Å². The molecule has 0 amide bonds. The first-order chi connectivity index (χ1) is 10.4. The molecule has 2 heteroatoms. The second-order valence-electron chi connectivity index (χ2n) is 5.61. The lowest BCUT2D eigenvalue weighted by molar-refractivity contribution is 0.000968. The quantitative estimate of drug-likeness (QED) is 0.223. The van der Waals surface area contributed by atoms with Crippen LogP contribution in [0.15, 0.2) is 24.3 Å². The first kappa shape index (κ1) is 20.4. The van der Waals surface area contributed by atoms with Crippen molar-refractivity contribution in [2.75, 3.05) is 13.4 Å². The molecule has 0 rings (SSSR count). The van der Waals surface area contributed by atoms with Crippen molar-refractivity contribution in [3.05, 3.63) is 24.3 Å². The van der Waals surface area contributed by atoms with Crippen LogP contribution in [0.2, 0.25) is 0 Å². The van der Waals surface area contributed by atoms with Crippen molar-refractivity contribution in [2.24, 2.45) is 0 Å². The van der Waals surface area contributed by atoms with Crippen LogP contribution in [0.25, 0.3) is 0 Å². The van der Waals surface area contributed by atoms with E-state index in [2.05, 4.69) is 31.2 Å². The van der Waals surface area contributed by atoms with Crippen molar-refractivity contribution < 1.29 is 9.84 Å². The predicted molar refractivity (Wildman–Crippen MR) is 92.4 cm³/mol. The number of rotatable bonds is 16. The molecule has 0 radical (unpaired) electrons. The Morgan fingerprint density at radius 2 is 1.14 bits per heavy atom. The van der Waals surface area contributed by atoms with Gasteiger partial charge in [-0.25, -0.2) is 0 Å². The van der Waals surface area contributed by atoms with Crippen LogP contribution >= 0.6 is 0 Å². The van der Waals surface area contributed by atoms with Crippen molar-refractivity contribution in [3.8, 4) is 0 Å². The first-order valence-electron chi connectivity index (χ1n) is 8.90. The van der Waals surface area contributed by atoms with Gasteiger partial charge in [-0.2, -0.15) is 0 Å². The van der Waals surface area contributed by atoms with Gasteiger partial charge >= 0.3 is 0 Å². The molecule has 0 aliphatic rings. The molecule has 0 bridgehead atoms. The Labute approximate surface area is 132 Å². The number of unbranched alkanes of at least 4 members (excludes halogenated alkanes) is 9. The summed E-state index contributed by atoms with van der Waals surface area (Å²) in [6, 6.07) is 0. The number of ether oxygens (including phenoxy) is 1. The Morgan fingerprint density at radius 1 is 0.667 bits per heavy atom. The van der Waals surface area contributed by atoms with Gasteiger partial charge in [0.2, 0.25) is 0 Å². The lowest BCUT2D eigenvalue weighted by Gasteiger charge is -1.99. The summed E-state index contributed by atoms with van der Waals surface area (Å²) in [7, 11) is 0. The van der Waals surface area contributed by atoms with E-state index < -0.39 is 0 Å². The largest absolute Gasteiger partial charge is 0.371 e. The normalized spacial score (nSPS) is 11.9. The third-order valence-electron chi connectivity index (χ3n) is 3.57. The van der Waals surface area contributed by atoms with Gasteiger partial charge in [0.05, 0.1) is 6.61 Å². The van der Waals surface area contributed by atoms with Crippen LogP contribution in [0.5, 0.6) is 0 Å². The highest BCUT2D eigenvalue weighted by Crippen LogP contribution is 2.09. The highest BCUT2D eigenvalue weighted by molar-refractivity contribution is 4.81. The molecule has 21 heavy (non-hydrogen) atoms. The second kappa shape index (κ2) is 19.4. The van der Waals surface area contributed by atoms with E-state index in [0.29, 0.717) is 6.61 Å². The molecule has 0 unspecified atom stereocenters. The fraction of sp³-hybridized carbons (Fsp3) is 0.789. The zero-order chi connectivity index (χ0) is 15.4. The van der Waals surface area contributed by atoms with Crippen molar-refractivity contribution in [3.63, 3.8) is 0 Å². The van der Waals surface area contributed by atoms with E-state index in [-0.39, 0.29) is 6.79 Å². The van der Waals surface area contributed by atoms with Gasteiger partial charge in [-0.05, 0) is 38.5 Å². The summed E-state index contributed by atoms with van der Waals surface area (Å²) in [6.45, 7) is 2.71. The standard InChI is InChI=1S/C19H36O2/c1-2-3-4-5-6-7-8-9-10-11-12-13-14-15-16-17-18-21-19-20/h5-6,15-16,20H,2-4,7-14,17-19H2,1H3/b6-5+,16-15-. The van der Waals surface area contributed by atoms with Gasteiger partial charge in [0.15, 0.2) is 0 Å². The molecule has 0 spiro atoms. The summed E-state index contributed by atoms with van der Waals surface area (Å²) in [5.41, 5.74) is 0. The summed E-state index contributed by atoms with van der Waals surface area (Å²) in [5.74, 6) is 0. The summed E-state index contributed by atoms with van der Waals surface area (Å²) < 4.78 is 4.85. The fourth-order valence-corrected chi connectivity index (χ4v) is 2.24. The Kier molecular flexibility index (Phi) is 18.8. The van der Waals surface area contributed by atoms with Crippen molar-refractivity contribution in [1.29, 1.82) is 0 Å². The van der Waals surface area contributed by atoms with Crippen LogP contribution in [0.1, 0.15) is 84.0 Å². The third kappa shape index (κ3) is 19.4. The predicted octanol–water partition coefficient (Wildman–Crippen LogP) is 5.77. The van der Waals surface area contributed by atoms with Crippen LogP contribution in [0.3, 0.4) is 0 Å². The average molecular weight is 296 g/mol. The van der Waals surface area contributed by atoms with Gasteiger partial charge in [0.25, 0.3) is 0 Å². The highest BCUT2D eigenvalue weighted by Gasteiger charge is 1.90. The summed E-state index contributed by atoms with van der Waals surface area (Å²) >= 11 is 0. The minimum absolute atomic E-state index is 0.164. The maximum atomic E-state index is 8.44. The SMILES string of the molecule is CCCC/C=C/CCCCCCCC/C=C\CCOCO. The summed E-state index contributed by atoms with van der Waals surface area (Å²) in [5, 5.41) is 8.44. The fourth-order valence-electron chi connectivity index (χ4n) is 2.24. The Bertz CT molecular complexity index is 234. The molecular weight excluding hydrogens is 260 g/mol. The summed E-state index contributed by atoms with van der Waals surface area (Å²) in [4.78, 5) is 0. The second-order valence-corrected chi connectivity index (χ2v) is 5.61. The van der Waals surface area contributed by atoms with E-state index in [1.165, 1.54) is 70.6 Å². The van der Waals surface area contributed by atoms with Gasteiger partial charge in [-0.3, -0.25) is 0 Å². The van der Waals surface area contributed by atoms with Gasteiger partial charge < -0.3 is 9.84 Å². The molecule has 0 heterocycles. The number of aliphatic hydroxyl groups excluding tert-OH is 1. The first-order valence-corrected chi connectivity index (χ1v) is 8.90. The molecule has 0 aromatic rings. The number of hydrogen-bond acceptors (Lipinski definition) is 2. The molecule has 0 saturated heterocycles. The molecule has 0 aliphatic carbocycles.